The van der Waals surface area contributed by atoms with Crippen molar-refractivity contribution in [3.63, 3.8) is 0 Å². The number of hydrogen-bond donors (Lipinski definition) is 2. The number of anilines is 1. The number of unbranched alkanes of at least 4 members (excludes halogenated alkanes) is 4. The molecule has 14 heteroatoms. The van der Waals surface area contributed by atoms with Crippen LogP contribution in [0, 0.1) is 0 Å². The third-order valence-corrected chi connectivity index (χ3v) is 9.58. The van der Waals surface area contributed by atoms with Crippen molar-refractivity contribution in [2.45, 2.75) is 38.3 Å². The number of aromatic nitrogens is 1. The van der Waals surface area contributed by atoms with Gasteiger partial charge in [0.15, 0.2) is 40.3 Å². The third-order valence-electron chi connectivity index (χ3n) is 9.58. The molecule has 57 heavy (non-hydrogen) atoms. The molecule has 5 aromatic rings. The number of carbonyl (C=O) groups excluding carboxylic acids is 1. The van der Waals surface area contributed by atoms with Crippen molar-refractivity contribution < 1.29 is 51.9 Å². The van der Waals surface area contributed by atoms with Crippen LogP contribution in [-0.4, -0.2) is 74.0 Å². The van der Waals surface area contributed by atoms with Crippen LogP contribution >= 0.6 is 0 Å². The van der Waals surface area contributed by atoms with Crippen molar-refractivity contribution in [2.75, 3.05) is 68.3 Å². The van der Waals surface area contributed by atoms with Crippen LogP contribution in [0.15, 0.2) is 71.3 Å². The molecule has 0 fully saturated rings. The van der Waals surface area contributed by atoms with Crippen LogP contribution in [0.2, 0.25) is 0 Å². The first kappa shape index (κ1) is 40.2. The Morgan fingerprint density at radius 1 is 0.561 bits per heavy atom. The molecule has 1 aromatic heterocycles. The molecule has 0 bridgehead atoms. The van der Waals surface area contributed by atoms with Crippen molar-refractivity contribution in [3.8, 4) is 74.3 Å². The van der Waals surface area contributed by atoms with Gasteiger partial charge in [-0.25, -0.2) is 0 Å². The van der Waals surface area contributed by atoms with Gasteiger partial charge in [-0.05, 0) is 73.0 Å². The Kier molecular flexibility index (Phi) is 13.4. The number of rotatable bonds is 20. The fourth-order valence-corrected chi connectivity index (χ4v) is 6.55. The SMILES string of the molecule is COc1ccc2c(c1)C(=O)NC(c1ccc(OCCCCCCCOc3c(OC)cc(-c4cc(-c5cc(OC)c(OC)c(OC)c5)no4)cc3OC)c(OC)c1)N2. The number of hydrogen-bond acceptors (Lipinski definition) is 13. The number of methoxy groups -OCH3 is 7. The highest BCUT2D eigenvalue weighted by atomic mass is 16.5. The van der Waals surface area contributed by atoms with Gasteiger partial charge in [0.25, 0.3) is 5.91 Å². The Morgan fingerprint density at radius 2 is 1.18 bits per heavy atom. The minimum absolute atomic E-state index is 0.180. The lowest BCUT2D eigenvalue weighted by atomic mass is 10.0. The van der Waals surface area contributed by atoms with Crippen LogP contribution in [0.3, 0.4) is 0 Å². The summed E-state index contributed by atoms with van der Waals surface area (Å²) in [5, 5.41) is 10.6. The quantitative estimate of drug-likeness (QED) is 0.0729. The van der Waals surface area contributed by atoms with Crippen molar-refractivity contribution in [1.82, 2.24) is 10.5 Å². The fraction of sp³-hybridized carbons (Fsp3) is 0.349. The molecule has 14 nitrogen and oxygen atoms in total. The van der Waals surface area contributed by atoms with Crippen molar-refractivity contribution in [3.05, 3.63) is 77.9 Å². The molecule has 1 amide bonds. The Bertz CT molecular complexity index is 2100. The maximum Gasteiger partial charge on any atom is 0.255 e. The van der Waals surface area contributed by atoms with Gasteiger partial charge in [-0.1, -0.05) is 30.5 Å². The molecular weight excluding hydrogens is 734 g/mol. The van der Waals surface area contributed by atoms with Gasteiger partial charge in [0.05, 0.1) is 68.5 Å². The minimum Gasteiger partial charge on any atom is -0.497 e. The molecule has 0 saturated carbocycles. The van der Waals surface area contributed by atoms with E-state index in [9.17, 15) is 4.79 Å². The summed E-state index contributed by atoms with van der Waals surface area (Å²) < 4.78 is 56.7. The predicted octanol–water partition coefficient (Wildman–Crippen LogP) is 8.33. The zero-order chi connectivity index (χ0) is 40.3. The van der Waals surface area contributed by atoms with Gasteiger partial charge in [0, 0.05) is 22.9 Å². The average molecular weight is 784 g/mol. The van der Waals surface area contributed by atoms with E-state index < -0.39 is 6.17 Å². The standard InChI is InChI=1S/C43H49N3O11/c1-48-29-14-15-31-30(24-29)43(47)45-42(44-31)26-13-16-33(35(19-26)49-2)55-17-11-9-8-10-12-18-56-41-38(52-5)22-28(23-39(41)53-6)34-25-32(46-57-34)27-20-36(50-3)40(54-7)37(21-27)51-4/h13-16,19-25,42,44H,8-12,17-18H2,1-7H3,(H,45,47). The van der Waals surface area contributed by atoms with E-state index in [0.717, 1.165) is 48.9 Å². The second kappa shape index (κ2) is 18.9. The first-order valence-electron chi connectivity index (χ1n) is 18.6. The molecule has 0 radical (unpaired) electrons. The molecule has 0 saturated heterocycles. The molecular formula is C43H49N3O11. The first-order chi connectivity index (χ1) is 27.8. The summed E-state index contributed by atoms with van der Waals surface area (Å²) in [6, 6.07) is 20.2. The van der Waals surface area contributed by atoms with Crippen LogP contribution in [0.25, 0.3) is 22.6 Å². The van der Waals surface area contributed by atoms with E-state index >= 15 is 0 Å². The van der Waals surface area contributed by atoms with Crippen LogP contribution in [0.4, 0.5) is 5.69 Å². The van der Waals surface area contributed by atoms with E-state index in [2.05, 4.69) is 15.8 Å². The molecule has 1 atom stereocenters. The lowest BCUT2D eigenvalue weighted by molar-refractivity contribution is 0.0935. The van der Waals surface area contributed by atoms with Gasteiger partial charge in [0.1, 0.15) is 17.6 Å². The lowest BCUT2D eigenvalue weighted by Crippen LogP contribution is -2.38. The highest BCUT2D eigenvalue weighted by Crippen LogP contribution is 2.44. The van der Waals surface area contributed by atoms with E-state index in [4.69, 9.17) is 47.2 Å². The molecule has 2 heterocycles. The maximum atomic E-state index is 12.8. The topological polar surface area (TPSA) is 150 Å². The number of benzene rings is 4. The summed E-state index contributed by atoms with van der Waals surface area (Å²) in [7, 11) is 11.0. The Labute approximate surface area is 332 Å². The highest BCUT2D eigenvalue weighted by molar-refractivity contribution is 6.02. The molecule has 6 rings (SSSR count). The van der Waals surface area contributed by atoms with Crippen molar-refractivity contribution in [1.29, 1.82) is 0 Å². The lowest BCUT2D eigenvalue weighted by Gasteiger charge is -2.28. The summed E-state index contributed by atoms with van der Waals surface area (Å²) in [6.07, 6.45) is 4.34. The predicted molar refractivity (Wildman–Crippen MR) is 214 cm³/mol. The average Bonchev–Trinajstić information content (AvgIpc) is 3.75. The smallest absolute Gasteiger partial charge is 0.255 e. The molecule has 302 valence electrons. The van der Waals surface area contributed by atoms with Gasteiger partial charge in [-0.3, -0.25) is 4.79 Å². The van der Waals surface area contributed by atoms with Gasteiger partial charge in [-0.15, -0.1) is 0 Å². The number of amides is 1. The molecule has 0 spiro atoms. The number of carbonyl (C=O) groups is 1. The van der Waals surface area contributed by atoms with Gasteiger partial charge in [0.2, 0.25) is 11.5 Å². The van der Waals surface area contributed by atoms with Crippen LogP contribution in [-0.2, 0) is 0 Å². The monoisotopic (exact) mass is 783 g/mol. The molecule has 0 aliphatic carbocycles. The summed E-state index contributed by atoms with van der Waals surface area (Å²) in [5.41, 5.74) is 4.14. The molecule has 2 N–H and O–H groups in total. The summed E-state index contributed by atoms with van der Waals surface area (Å²) >= 11 is 0. The van der Waals surface area contributed by atoms with Crippen LogP contribution in [0.5, 0.6) is 51.7 Å². The van der Waals surface area contributed by atoms with Crippen molar-refractivity contribution in [2.24, 2.45) is 0 Å². The van der Waals surface area contributed by atoms with E-state index in [-0.39, 0.29) is 5.91 Å². The summed E-state index contributed by atoms with van der Waals surface area (Å²) in [4.78, 5) is 12.8. The van der Waals surface area contributed by atoms with Gasteiger partial charge in [-0.2, -0.15) is 0 Å². The highest BCUT2D eigenvalue weighted by Gasteiger charge is 2.26. The summed E-state index contributed by atoms with van der Waals surface area (Å²) in [5.74, 6) is 5.27. The number of nitrogens with zero attached hydrogens (tertiary/aromatic N) is 1. The number of fused-ring (bicyclic) bond motifs is 1. The molecule has 1 aliphatic rings. The van der Waals surface area contributed by atoms with Gasteiger partial charge >= 0.3 is 0 Å². The number of ether oxygens (including phenoxy) is 9. The Balaban J connectivity index is 0.962. The van der Waals surface area contributed by atoms with E-state index in [1.54, 1.807) is 55.8 Å². The molecule has 1 unspecified atom stereocenters. The Morgan fingerprint density at radius 3 is 1.81 bits per heavy atom. The third kappa shape index (κ3) is 9.17. The van der Waals surface area contributed by atoms with E-state index in [0.29, 0.717) is 87.5 Å². The normalized spacial score (nSPS) is 13.1. The second-order valence-electron chi connectivity index (χ2n) is 13.0. The fourth-order valence-electron chi connectivity index (χ4n) is 6.55. The Hall–Kier alpha value is -6.44. The van der Waals surface area contributed by atoms with E-state index in [1.807, 2.05) is 60.7 Å². The van der Waals surface area contributed by atoms with Crippen LogP contribution < -0.4 is 53.3 Å². The minimum atomic E-state index is -0.414. The van der Waals surface area contributed by atoms with E-state index in [1.165, 1.54) is 0 Å². The first-order valence-corrected chi connectivity index (χ1v) is 18.6. The largest absolute Gasteiger partial charge is 0.497 e. The van der Waals surface area contributed by atoms with Crippen LogP contribution in [0.1, 0.15) is 54.2 Å². The van der Waals surface area contributed by atoms with Crippen molar-refractivity contribution >= 4 is 11.6 Å². The zero-order valence-corrected chi connectivity index (χ0v) is 33.3. The number of nitrogens with one attached hydrogen (secondary N) is 2. The summed E-state index contributed by atoms with van der Waals surface area (Å²) in [6.45, 7) is 1.05. The maximum absolute atomic E-state index is 12.8. The zero-order valence-electron chi connectivity index (χ0n) is 33.3. The molecule has 4 aromatic carbocycles. The second-order valence-corrected chi connectivity index (χ2v) is 13.0. The van der Waals surface area contributed by atoms with Gasteiger partial charge < -0.3 is 57.8 Å². The molecule has 1 aliphatic heterocycles.